The van der Waals surface area contributed by atoms with Crippen molar-refractivity contribution < 1.29 is 14.6 Å². The Morgan fingerprint density at radius 3 is 2.79 bits per heavy atom. The molecule has 4 heteroatoms. The van der Waals surface area contributed by atoms with Gasteiger partial charge in [0.15, 0.2) is 0 Å². The number of esters is 1. The molecule has 4 nitrogen and oxygen atoms in total. The van der Waals surface area contributed by atoms with Gasteiger partial charge in [0.1, 0.15) is 5.75 Å². The number of benzene rings is 1. The van der Waals surface area contributed by atoms with Crippen molar-refractivity contribution in [2.75, 3.05) is 7.11 Å². The topological polar surface area (TPSA) is 72.5 Å². The molecule has 0 amide bonds. The van der Waals surface area contributed by atoms with Crippen LogP contribution in [-0.4, -0.2) is 18.2 Å². The van der Waals surface area contributed by atoms with Gasteiger partial charge < -0.3 is 15.6 Å². The molecule has 1 atom stereocenters. The standard InChI is InChI=1S/C10H13NO3/c1-14-10(13)6-8(11)7-4-2-3-5-9(7)12/h2-5,8,12H,6,11H2,1H3. The van der Waals surface area contributed by atoms with E-state index in [1.54, 1.807) is 18.2 Å². The zero-order valence-electron chi connectivity index (χ0n) is 7.93. The fourth-order valence-electron chi connectivity index (χ4n) is 1.17. The van der Waals surface area contributed by atoms with Crippen molar-refractivity contribution in [3.8, 4) is 5.75 Å². The SMILES string of the molecule is COC(=O)CC(N)c1ccccc1O. The average Bonchev–Trinajstić information content (AvgIpc) is 2.18. The summed E-state index contributed by atoms with van der Waals surface area (Å²) in [6.07, 6.45) is 0.0636. The van der Waals surface area contributed by atoms with Crippen LogP contribution in [0.15, 0.2) is 24.3 Å². The molecule has 76 valence electrons. The lowest BCUT2D eigenvalue weighted by Crippen LogP contribution is -2.16. The first-order valence-corrected chi connectivity index (χ1v) is 4.25. The molecule has 0 aromatic heterocycles. The van der Waals surface area contributed by atoms with E-state index >= 15 is 0 Å². The number of rotatable bonds is 3. The van der Waals surface area contributed by atoms with Crippen LogP contribution in [0.25, 0.3) is 0 Å². The molecule has 1 aromatic carbocycles. The van der Waals surface area contributed by atoms with E-state index in [4.69, 9.17) is 5.73 Å². The maximum absolute atomic E-state index is 10.9. The predicted octanol–water partition coefficient (Wildman–Crippen LogP) is 0.955. The Morgan fingerprint density at radius 2 is 2.21 bits per heavy atom. The Labute approximate surface area is 82.3 Å². The second-order valence-electron chi connectivity index (χ2n) is 2.95. The van der Waals surface area contributed by atoms with E-state index in [1.165, 1.54) is 13.2 Å². The van der Waals surface area contributed by atoms with Gasteiger partial charge in [-0.25, -0.2) is 0 Å². The van der Waals surface area contributed by atoms with Crippen molar-refractivity contribution in [3.63, 3.8) is 0 Å². The third-order valence-electron chi connectivity index (χ3n) is 1.95. The molecule has 3 N–H and O–H groups in total. The molecule has 1 aromatic rings. The molecule has 0 spiro atoms. The summed E-state index contributed by atoms with van der Waals surface area (Å²) >= 11 is 0. The zero-order chi connectivity index (χ0) is 10.6. The van der Waals surface area contributed by atoms with E-state index in [9.17, 15) is 9.90 Å². The summed E-state index contributed by atoms with van der Waals surface area (Å²) in [5.41, 5.74) is 6.27. The first-order valence-electron chi connectivity index (χ1n) is 4.25. The van der Waals surface area contributed by atoms with Gasteiger partial charge in [-0.1, -0.05) is 18.2 Å². The van der Waals surface area contributed by atoms with Crippen LogP contribution in [0.2, 0.25) is 0 Å². The van der Waals surface area contributed by atoms with E-state index in [1.807, 2.05) is 0 Å². The predicted molar refractivity (Wildman–Crippen MR) is 51.7 cm³/mol. The van der Waals surface area contributed by atoms with Gasteiger partial charge in [-0.3, -0.25) is 4.79 Å². The van der Waals surface area contributed by atoms with Crippen molar-refractivity contribution in [1.82, 2.24) is 0 Å². The maximum atomic E-state index is 10.9. The fraction of sp³-hybridized carbons (Fsp3) is 0.300. The minimum Gasteiger partial charge on any atom is -0.508 e. The summed E-state index contributed by atoms with van der Waals surface area (Å²) in [4.78, 5) is 10.9. The Morgan fingerprint density at radius 1 is 1.57 bits per heavy atom. The van der Waals surface area contributed by atoms with Crippen LogP contribution in [0.1, 0.15) is 18.0 Å². The van der Waals surface area contributed by atoms with Crippen LogP contribution < -0.4 is 5.73 Å². The molecule has 0 aliphatic carbocycles. The number of carbonyl (C=O) groups is 1. The van der Waals surface area contributed by atoms with Gasteiger partial charge in [-0.05, 0) is 6.07 Å². The van der Waals surface area contributed by atoms with Crippen molar-refractivity contribution in [3.05, 3.63) is 29.8 Å². The lowest BCUT2D eigenvalue weighted by atomic mass is 10.0. The summed E-state index contributed by atoms with van der Waals surface area (Å²) in [5.74, 6) is -0.287. The number of nitrogens with two attached hydrogens (primary N) is 1. The van der Waals surface area contributed by atoms with E-state index in [0.717, 1.165) is 0 Å². The highest BCUT2D eigenvalue weighted by atomic mass is 16.5. The van der Waals surface area contributed by atoms with E-state index < -0.39 is 6.04 Å². The molecule has 0 bridgehead atoms. The number of hydrogen-bond donors (Lipinski definition) is 2. The Hall–Kier alpha value is -1.55. The second-order valence-corrected chi connectivity index (χ2v) is 2.95. The largest absolute Gasteiger partial charge is 0.508 e. The second kappa shape index (κ2) is 4.62. The minimum absolute atomic E-state index is 0.0636. The number of ether oxygens (including phenoxy) is 1. The van der Waals surface area contributed by atoms with Gasteiger partial charge in [0.25, 0.3) is 0 Å². The summed E-state index contributed by atoms with van der Waals surface area (Å²) in [6, 6.07) is 6.15. The molecule has 14 heavy (non-hydrogen) atoms. The molecular weight excluding hydrogens is 182 g/mol. The lowest BCUT2D eigenvalue weighted by Gasteiger charge is -2.11. The Kier molecular flexibility index (Phi) is 3.48. The van der Waals surface area contributed by atoms with E-state index in [0.29, 0.717) is 5.56 Å². The monoisotopic (exact) mass is 195 g/mol. The van der Waals surface area contributed by atoms with Gasteiger partial charge >= 0.3 is 5.97 Å². The first kappa shape index (κ1) is 10.5. The molecule has 0 saturated carbocycles. The van der Waals surface area contributed by atoms with Gasteiger partial charge in [0.2, 0.25) is 0 Å². The van der Waals surface area contributed by atoms with Crippen LogP contribution in [0.3, 0.4) is 0 Å². The molecule has 1 rings (SSSR count). The summed E-state index contributed by atoms with van der Waals surface area (Å²) in [6.45, 7) is 0. The van der Waals surface area contributed by atoms with E-state index in [-0.39, 0.29) is 18.1 Å². The van der Waals surface area contributed by atoms with Gasteiger partial charge in [-0.15, -0.1) is 0 Å². The van der Waals surface area contributed by atoms with Crippen LogP contribution in [0.4, 0.5) is 0 Å². The van der Waals surface area contributed by atoms with E-state index in [2.05, 4.69) is 4.74 Å². The van der Waals surface area contributed by atoms with Crippen molar-refractivity contribution in [2.45, 2.75) is 12.5 Å². The average molecular weight is 195 g/mol. The van der Waals surface area contributed by atoms with Crippen molar-refractivity contribution >= 4 is 5.97 Å². The minimum atomic E-state index is -0.524. The number of aromatic hydroxyl groups is 1. The summed E-state index contributed by atoms with van der Waals surface area (Å²) < 4.78 is 4.48. The zero-order valence-corrected chi connectivity index (χ0v) is 7.93. The molecule has 0 aliphatic rings. The van der Waals surface area contributed by atoms with Gasteiger partial charge in [-0.2, -0.15) is 0 Å². The molecule has 0 heterocycles. The third-order valence-corrected chi connectivity index (χ3v) is 1.95. The Balaban J connectivity index is 2.74. The van der Waals surface area contributed by atoms with Crippen molar-refractivity contribution in [2.24, 2.45) is 5.73 Å². The number of carbonyl (C=O) groups excluding carboxylic acids is 1. The summed E-state index contributed by atoms with van der Waals surface area (Å²) in [7, 11) is 1.31. The van der Waals surface area contributed by atoms with Gasteiger partial charge in [0, 0.05) is 11.6 Å². The molecule has 0 fully saturated rings. The smallest absolute Gasteiger partial charge is 0.307 e. The molecule has 0 radical (unpaired) electrons. The van der Waals surface area contributed by atoms with Crippen LogP contribution in [0.5, 0.6) is 5.75 Å². The van der Waals surface area contributed by atoms with Crippen LogP contribution in [0, 0.1) is 0 Å². The fourth-order valence-corrected chi connectivity index (χ4v) is 1.17. The molecule has 0 saturated heterocycles. The van der Waals surface area contributed by atoms with Crippen molar-refractivity contribution in [1.29, 1.82) is 0 Å². The number of phenols is 1. The first-order chi connectivity index (χ1) is 6.65. The number of phenolic OH excluding ortho intramolecular Hbond substituents is 1. The number of hydrogen-bond acceptors (Lipinski definition) is 4. The highest BCUT2D eigenvalue weighted by molar-refractivity contribution is 5.70. The number of methoxy groups -OCH3 is 1. The third kappa shape index (κ3) is 2.47. The van der Waals surface area contributed by atoms with Crippen LogP contribution in [-0.2, 0) is 9.53 Å². The quantitative estimate of drug-likeness (QED) is 0.704. The number of para-hydroxylation sites is 1. The highest BCUT2D eigenvalue weighted by Crippen LogP contribution is 2.23. The lowest BCUT2D eigenvalue weighted by molar-refractivity contribution is -0.141. The maximum Gasteiger partial charge on any atom is 0.307 e. The van der Waals surface area contributed by atoms with Crippen LogP contribution >= 0.6 is 0 Å². The Bertz CT molecular complexity index is 325. The molecule has 0 aliphatic heterocycles. The highest BCUT2D eigenvalue weighted by Gasteiger charge is 2.14. The molecular formula is C10H13NO3. The normalized spacial score (nSPS) is 12.1. The molecule has 1 unspecified atom stereocenters. The summed E-state index contributed by atoms with van der Waals surface area (Å²) in [5, 5.41) is 9.43. The van der Waals surface area contributed by atoms with Gasteiger partial charge in [0.05, 0.1) is 13.5 Å².